The highest BCUT2D eigenvalue weighted by Crippen LogP contribution is 2.51. The van der Waals surface area contributed by atoms with E-state index in [0.717, 1.165) is 42.6 Å². The molecular formula is C32H48BN3O5. The molecule has 4 heterocycles. The monoisotopic (exact) mass is 565 g/mol. The van der Waals surface area contributed by atoms with Crippen molar-refractivity contribution in [1.82, 2.24) is 9.80 Å². The van der Waals surface area contributed by atoms with E-state index in [1.165, 1.54) is 0 Å². The van der Waals surface area contributed by atoms with E-state index in [0.29, 0.717) is 37.4 Å². The smallest absolute Gasteiger partial charge is 0.444 e. The number of likely N-dealkylation sites (tertiary alicyclic amines) is 2. The summed E-state index contributed by atoms with van der Waals surface area (Å²) in [6.07, 6.45) is 2.90. The highest BCUT2D eigenvalue weighted by Gasteiger charge is 2.58. The normalized spacial score (nSPS) is 29.8. The minimum absolute atomic E-state index is 0.187. The van der Waals surface area contributed by atoms with E-state index in [9.17, 15) is 9.59 Å². The Labute approximate surface area is 246 Å². The number of nitrogens with zero attached hydrogens (tertiary/aromatic N) is 3. The van der Waals surface area contributed by atoms with E-state index in [1.807, 2.05) is 20.8 Å². The van der Waals surface area contributed by atoms with Gasteiger partial charge in [-0.2, -0.15) is 0 Å². The fourth-order valence-corrected chi connectivity index (χ4v) is 7.36. The fourth-order valence-electron chi connectivity index (χ4n) is 7.36. The number of ether oxygens (including phenoxy) is 1. The van der Waals surface area contributed by atoms with Crippen LogP contribution in [-0.4, -0.2) is 84.0 Å². The molecule has 2 amide bonds. The molecule has 1 aromatic rings. The second-order valence-electron chi connectivity index (χ2n) is 15.9. The largest absolute Gasteiger partial charge is 0.494 e. The Morgan fingerprint density at radius 3 is 2.07 bits per heavy atom. The highest BCUT2D eigenvalue weighted by atomic mass is 16.7. The number of piperidine rings is 1. The molecule has 1 spiro atoms. The quantitative estimate of drug-likeness (QED) is 0.504. The van der Waals surface area contributed by atoms with Gasteiger partial charge in [0, 0.05) is 44.0 Å². The van der Waals surface area contributed by atoms with Gasteiger partial charge in [-0.25, -0.2) is 4.79 Å². The van der Waals surface area contributed by atoms with Gasteiger partial charge in [-0.15, -0.1) is 0 Å². The van der Waals surface area contributed by atoms with Crippen LogP contribution in [0.1, 0.15) is 93.6 Å². The maximum Gasteiger partial charge on any atom is 0.494 e. The molecule has 6 rings (SSSR count). The van der Waals surface area contributed by atoms with Crippen LogP contribution in [0, 0.1) is 5.41 Å². The predicted molar refractivity (Wildman–Crippen MR) is 161 cm³/mol. The summed E-state index contributed by atoms with van der Waals surface area (Å²) >= 11 is 0. The van der Waals surface area contributed by atoms with Crippen molar-refractivity contribution in [2.24, 2.45) is 5.41 Å². The second-order valence-corrected chi connectivity index (χ2v) is 15.9. The van der Waals surface area contributed by atoms with E-state index in [1.54, 1.807) is 4.90 Å². The van der Waals surface area contributed by atoms with Crippen LogP contribution in [0.4, 0.5) is 10.5 Å². The maximum atomic E-state index is 14.5. The van der Waals surface area contributed by atoms with Gasteiger partial charge in [-0.1, -0.05) is 26.0 Å². The standard InChI is InChI=1S/C32H48BN3O5/c1-28(2,3)39-27(38)34-14-12-32(13-15-34)24-11-10-21(33-40-30(6,7)31(8,9)41-33)16-25(24)36(26(32)37)23-17-22(18-23)35-19-29(4,5)20-35/h10-11,16,22-23H,12-15,17-20H2,1-9H3/t22-,23+. The Morgan fingerprint density at radius 2 is 1.54 bits per heavy atom. The molecule has 3 saturated heterocycles. The minimum Gasteiger partial charge on any atom is -0.444 e. The first-order valence-corrected chi connectivity index (χ1v) is 15.5. The van der Waals surface area contributed by atoms with E-state index >= 15 is 0 Å². The molecule has 4 aliphatic heterocycles. The number of rotatable bonds is 3. The van der Waals surface area contributed by atoms with Gasteiger partial charge in [0.25, 0.3) is 0 Å². The Bertz CT molecular complexity index is 1220. The zero-order valence-corrected chi connectivity index (χ0v) is 26.5. The number of carbonyl (C=O) groups is 2. The number of fused-ring (bicyclic) bond motifs is 2. The minimum atomic E-state index is -0.619. The molecule has 0 unspecified atom stereocenters. The van der Waals surface area contributed by atoms with Gasteiger partial charge in [0.15, 0.2) is 0 Å². The predicted octanol–water partition coefficient (Wildman–Crippen LogP) is 4.47. The Morgan fingerprint density at radius 1 is 0.951 bits per heavy atom. The number of hydrogen-bond donors (Lipinski definition) is 0. The lowest BCUT2D eigenvalue weighted by molar-refractivity contribution is -0.126. The van der Waals surface area contributed by atoms with Crippen LogP contribution in [0.25, 0.3) is 0 Å². The number of benzene rings is 1. The van der Waals surface area contributed by atoms with Gasteiger partial charge in [-0.3, -0.25) is 9.69 Å². The summed E-state index contributed by atoms with van der Waals surface area (Å²) in [5.41, 5.74) is 1.39. The van der Waals surface area contributed by atoms with E-state index in [2.05, 4.69) is 69.5 Å². The van der Waals surface area contributed by atoms with E-state index < -0.39 is 29.3 Å². The zero-order valence-electron chi connectivity index (χ0n) is 26.5. The first kappa shape index (κ1) is 29.0. The van der Waals surface area contributed by atoms with Gasteiger partial charge in [0.1, 0.15) is 5.60 Å². The molecule has 1 aromatic carbocycles. The van der Waals surface area contributed by atoms with Crippen LogP contribution in [0.3, 0.4) is 0 Å². The van der Waals surface area contributed by atoms with Crippen LogP contribution < -0.4 is 10.4 Å². The molecule has 0 bridgehead atoms. The number of carbonyl (C=O) groups excluding carboxylic acids is 2. The average molecular weight is 566 g/mol. The number of anilines is 1. The molecule has 0 aromatic heterocycles. The molecule has 0 atom stereocenters. The lowest BCUT2D eigenvalue weighted by atomic mass is 9.71. The lowest BCUT2D eigenvalue weighted by Gasteiger charge is -2.55. The van der Waals surface area contributed by atoms with Crippen LogP contribution in [0.5, 0.6) is 0 Å². The van der Waals surface area contributed by atoms with Crippen molar-refractivity contribution in [3.63, 3.8) is 0 Å². The first-order valence-electron chi connectivity index (χ1n) is 15.5. The van der Waals surface area contributed by atoms with Gasteiger partial charge in [-0.05, 0) is 96.7 Å². The van der Waals surface area contributed by atoms with E-state index in [4.69, 9.17) is 14.0 Å². The Balaban J connectivity index is 1.27. The SMILES string of the molecule is CC1(C)CN([C@H]2C[C@@H](N3C(=O)C4(CCN(C(=O)OC(C)(C)C)CC4)c4ccc(B5OC(C)(C)C(C)(C)O5)cc43)C2)C1. The lowest BCUT2D eigenvalue weighted by Crippen LogP contribution is -2.64. The van der Waals surface area contributed by atoms with Crippen LogP contribution in [0.2, 0.25) is 0 Å². The second kappa shape index (κ2) is 9.20. The van der Waals surface area contributed by atoms with Crippen LogP contribution in [-0.2, 0) is 24.3 Å². The van der Waals surface area contributed by atoms with Crippen molar-refractivity contribution in [3.8, 4) is 0 Å². The molecule has 5 aliphatic rings. The third-order valence-corrected chi connectivity index (χ3v) is 10.5. The summed E-state index contributed by atoms with van der Waals surface area (Å²) in [5, 5.41) is 0. The van der Waals surface area contributed by atoms with Crippen molar-refractivity contribution in [2.75, 3.05) is 31.1 Å². The zero-order chi connectivity index (χ0) is 29.8. The van der Waals surface area contributed by atoms with Crippen molar-refractivity contribution in [1.29, 1.82) is 0 Å². The average Bonchev–Trinajstić information content (AvgIpc) is 3.17. The molecule has 224 valence electrons. The molecular weight excluding hydrogens is 517 g/mol. The summed E-state index contributed by atoms with van der Waals surface area (Å²) in [7, 11) is -0.481. The van der Waals surface area contributed by atoms with Gasteiger partial charge >= 0.3 is 13.2 Å². The molecule has 0 radical (unpaired) electrons. The summed E-state index contributed by atoms with van der Waals surface area (Å²) in [6, 6.07) is 7.08. The maximum absolute atomic E-state index is 14.5. The van der Waals surface area contributed by atoms with Crippen molar-refractivity contribution in [2.45, 2.75) is 122 Å². The molecule has 4 fully saturated rings. The van der Waals surface area contributed by atoms with Crippen LogP contribution in [0.15, 0.2) is 18.2 Å². The highest BCUT2D eigenvalue weighted by molar-refractivity contribution is 6.62. The van der Waals surface area contributed by atoms with Gasteiger partial charge in [0.05, 0.1) is 16.6 Å². The summed E-state index contributed by atoms with van der Waals surface area (Å²) in [6.45, 7) is 21.8. The molecule has 1 aliphatic carbocycles. The first-order chi connectivity index (χ1) is 18.9. The third-order valence-electron chi connectivity index (χ3n) is 10.5. The van der Waals surface area contributed by atoms with Crippen molar-refractivity contribution < 1.29 is 23.6 Å². The number of amides is 2. The topological polar surface area (TPSA) is 71.6 Å². The molecule has 1 saturated carbocycles. The fraction of sp³-hybridized carbons (Fsp3) is 0.750. The van der Waals surface area contributed by atoms with Gasteiger partial charge in [0.2, 0.25) is 5.91 Å². The molecule has 0 N–H and O–H groups in total. The summed E-state index contributed by atoms with van der Waals surface area (Å²) in [4.78, 5) is 33.8. The molecule has 41 heavy (non-hydrogen) atoms. The Hall–Kier alpha value is -2.10. The number of hydrogen-bond acceptors (Lipinski definition) is 6. The van der Waals surface area contributed by atoms with Gasteiger partial charge < -0.3 is 23.8 Å². The van der Waals surface area contributed by atoms with E-state index in [-0.39, 0.29) is 18.0 Å². The van der Waals surface area contributed by atoms with Crippen molar-refractivity contribution in [3.05, 3.63) is 23.8 Å². The summed E-state index contributed by atoms with van der Waals surface area (Å²) in [5.74, 6) is 0.190. The molecule has 8 nitrogen and oxygen atoms in total. The third kappa shape index (κ3) is 4.80. The van der Waals surface area contributed by atoms with Crippen LogP contribution >= 0.6 is 0 Å². The molecule has 9 heteroatoms. The van der Waals surface area contributed by atoms with Crippen molar-refractivity contribution >= 4 is 30.3 Å². The Kier molecular flexibility index (Phi) is 6.51. The summed E-state index contributed by atoms with van der Waals surface area (Å²) < 4.78 is 18.4.